The summed E-state index contributed by atoms with van der Waals surface area (Å²) in [4.78, 5) is 23.0. The fourth-order valence-corrected chi connectivity index (χ4v) is 1.87. The summed E-state index contributed by atoms with van der Waals surface area (Å²) in [5.41, 5.74) is 6.79. The Kier molecular flexibility index (Phi) is 5.92. The fourth-order valence-electron chi connectivity index (χ4n) is 1.87. The Morgan fingerprint density at radius 2 is 2.20 bits per heavy atom. The molecule has 7 nitrogen and oxygen atoms in total. The number of hydrogen-bond donors (Lipinski definition) is 2. The number of benzene rings is 1. The Balaban J connectivity index is 2.94. The monoisotopic (exact) mass is 280 g/mol. The van der Waals surface area contributed by atoms with E-state index >= 15 is 0 Å². The molecule has 7 heteroatoms. The lowest BCUT2D eigenvalue weighted by Crippen LogP contribution is -2.30. The minimum absolute atomic E-state index is 0.0366. The van der Waals surface area contributed by atoms with Crippen LogP contribution in [0, 0.1) is 10.1 Å². The summed E-state index contributed by atoms with van der Waals surface area (Å²) in [6.07, 6.45) is 0.952. The summed E-state index contributed by atoms with van der Waals surface area (Å²) in [5, 5.41) is 14.1. The van der Waals surface area contributed by atoms with E-state index in [0.29, 0.717) is 6.54 Å². The summed E-state index contributed by atoms with van der Waals surface area (Å²) in [5.74, 6) is -0.430. The Morgan fingerprint density at radius 1 is 1.50 bits per heavy atom. The number of carbonyl (C=O) groups is 1. The molecule has 20 heavy (non-hydrogen) atoms. The maximum Gasteiger partial charge on any atom is 0.269 e. The van der Waals surface area contributed by atoms with Crippen molar-refractivity contribution in [2.75, 3.05) is 25.5 Å². The van der Waals surface area contributed by atoms with Crippen molar-refractivity contribution in [3.63, 3.8) is 0 Å². The van der Waals surface area contributed by atoms with Gasteiger partial charge in [0, 0.05) is 30.9 Å². The molecular formula is C13H20N4O3. The van der Waals surface area contributed by atoms with E-state index < -0.39 is 10.8 Å². The minimum Gasteiger partial charge on any atom is -0.385 e. The minimum atomic E-state index is -0.430. The van der Waals surface area contributed by atoms with Gasteiger partial charge in [-0.1, -0.05) is 6.92 Å². The molecule has 0 aliphatic rings. The van der Waals surface area contributed by atoms with Gasteiger partial charge in [-0.15, -0.1) is 0 Å². The van der Waals surface area contributed by atoms with Crippen molar-refractivity contribution in [3.8, 4) is 0 Å². The van der Waals surface area contributed by atoms with Gasteiger partial charge in [-0.3, -0.25) is 19.8 Å². The number of nitrogens with two attached hydrogens (primary N) is 1. The average Bonchev–Trinajstić information content (AvgIpc) is 2.35. The summed E-state index contributed by atoms with van der Waals surface area (Å²) >= 11 is 0. The van der Waals surface area contributed by atoms with E-state index in [2.05, 4.69) is 5.32 Å². The SMILES string of the molecule is CCCNc1ccc([N+](=O)[O-])cc1CN(C)CC(N)=O. The van der Waals surface area contributed by atoms with E-state index in [0.717, 1.165) is 24.2 Å². The van der Waals surface area contributed by atoms with Crippen LogP contribution in [0.4, 0.5) is 11.4 Å². The van der Waals surface area contributed by atoms with Crippen LogP contribution in [0.2, 0.25) is 0 Å². The van der Waals surface area contributed by atoms with Gasteiger partial charge in [0.1, 0.15) is 0 Å². The van der Waals surface area contributed by atoms with E-state index in [1.54, 1.807) is 18.0 Å². The van der Waals surface area contributed by atoms with Crippen molar-refractivity contribution in [1.29, 1.82) is 0 Å². The molecule has 0 aliphatic carbocycles. The van der Waals surface area contributed by atoms with Gasteiger partial charge in [0.15, 0.2) is 0 Å². The molecule has 1 aromatic rings. The third-order valence-electron chi connectivity index (χ3n) is 2.73. The highest BCUT2D eigenvalue weighted by Crippen LogP contribution is 2.23. The smallest absolute Gasteiger partial charge is 0.269 e. The molecule has 1 aromatic carbocycles. The molecule has 0 saturated heterocycles. The highest BCUT2D eigenvalue weighted by Gasteiger charge is 2.13. The Bertz CT molecular complexity index is 491. The number of likely N-dealkylation sites (N-methyl/N-ethyl adjacent to an activating group) is 1. The van der Waals surface area contributed by atoms with Crippen molar-refractivity contribution < 1.29 is 9.72 Å². The molecule has 0 bridgehead atoms. The predicted molar refractivity (Wildman–Crippen MR) is 77.4 cm³/mol. The van der Waals surface area contributed by atoms with E-state index in [-0.39, 0.29) is 12.2 Å². The largest absolute Gasteiger partial charge is 0.385 e. The second-order valence-electron chi connectivity index (χ2n) is 4.66. The lowest BCUT2D eigenvalue weighted by atomic mass is 10.1. The topological polar surface area (TPSA) is 102 Å². The number of nitrogens with zero attached hydrogens (tertiary/aromatic N) is 2. The van der Waals surface area contributed by atoms with Gasteiger partial charge in [0.2, 0.25) is 5.91 Å². The van der Waals surface area contributed by atoms with E-state index in [1.807, 2.05) is 6.92 Å². The summed E-state index contributed by atoms with van der Waals surface area (Å²) in [6.45, 7) is 3.34. The molecule has 0 saturated carbocycles. The first-order chi connectivity index (χ1) is 9.43. The number of amides is 1. The zero-order valence-electron chi connectivity index (χ0n) is 11.8. The van der Waals surface area contributed by atoms with E-state index in [4.69, 9.17) is 5.73 Å². The van der Waals surface area contributed by atoms with Crippen LogP contribution in [0.5, 0.6) is 0 Å². The molecule has 0 unspecified atom stereocenters. The van der Waals surface area contributed by atoms with E-state index in [9.17, 15) is 14.9 Å². The first-order valence-corrected chi connectivity index (χ1v) is 6.42. The average molecular weight is 280 g/mol. The van der Waals surface area contributed by atoms with Gasteiger partial charge in [-0.2, -0.15) is 0 Å². The number of nitro benzene ring substituents is 1. The maximum absolute atomic E-state index is 10.9. The summed E-state index contributed by atoms with van der Waals surface area (Å²) < 4.78 is 0. The lowest BCUT2D eigenvalue weighted by molar-refractivity contribution is -0.384. The normalized spacial score (nSPS) is 10.6. The van der Waals surface area contributed by atoms with Gasteiger partial charge in [-0.25, -0.2) is 0 Å². The third-order valence-corrected chi connectivity index (χ3v) is 2.73. The van der Waals surface area contributed by atoms with Crippen molar-refractivity contribution in [2.45, 2.75) is 19.9 Å². The van der Waals surface area contributed by atoms with Crippen LogP contribution in [0.25, 0.3) is 0 Å². The van der Waals surface area contributed by atoms with Gasteiger partial charge in [0.05, 0.1) is 11.5 Å². The number of carbonyl (C=O) groups excluding carboxylic acids is 1. The van der Waals surface area contributed by atoms with Gasteiger partial charge in [0.25, 0.3) is 5.69 Å². The number of anilines is 1. The first kappa shape index (κ1) is 15.9. The number of hydrogen-bond acceptors (Lipinski definition) is 5. The molecule has 1 rings (SSSR count). The number of nitro groups is 1. The van der Waals surface area contributed by atoms with Crippen LogP contribution >= 0.6 is 0 Å². The zero-order chi connectivity index (χ0) is 15.1. The van der Waals surface area contributed by atoms with Gasteiger partial charge < -0.3 is 11.1 Å². The van der Waals surface area contributed by atoms with Crippen LogP contribution in [0.15, 0.2) is 18.2 Å². The van der Waals surface area contributed by atoms with Crippen LogP contribution in [-0.4, -0.2) is 35.9 Å². The zero-order valence-corrected chi connectivity index (χ0v) is 11.8. The summed E-state index contributed by atoms with van der Waals surface area (Å²) in [7, 11) is 1.74. The quantitative estimate of drug-likeness (QED) is 0.552. The number of primary amides is 1. The first-order valence-electron chi connectivity index (χ1n) is 6.42. The maximum atomic E-state index is 10.9. The van der Waals surface area contributed by atoms with Crippen molar-refractivity contribution in [2.24, 2.45) is 5.73 Å². The Morgan fingerprint density at radius 3 is 2.75 bits per heavy atom. The lowest BCUT2D eigenvalue weighted by Gasteiger charge is -2.18. The molecule has 1 amide bonds. The predicted octanol–water partition coefficient (Wildman–Crippen LogP) is 1.33. The standard InChI is InChI=1S/C13H20N4O3/c1-3-6-15-12-5-4-11(17(19)20)7-10(12)8-16(2)9-13(14)18/h4-5,7,15H,3,6,8-9H2,1-2H3,(H2,14,18). The van der Waals surface area contributed by atoms with Gasteiger partial charge >= 0.3 is 0 Å². The van der Waals surface area contributed by atoms with Crippen LogP contribution in [0.3, 0.4) is 0 Å². The molecule has 110 valence electrons. The van der Waals surface area contributed by atoms with Crippen molar-refractivity contribution in [3.05, 3.63) is 33.9 Å². The Hall–Kier alpha value is -2.15. The molecule has 0 radical (unpaired) electrons. The molecule has 0 heterocycles. The van der Waals surface area contributed by atoms with Crippen molar-refractivity contribution in [1.82, 2.24) is 4.90 Å². The number of nitrogens with one attached hydrogen (secondary N) is 1. The van der Waals surface area contributed by atoms with Gasteiger partial charge in [-0.05, 0) is 25.1 Å². The second-order valence-corrected chi connectivity index (χ2v) is 4.66. The van der Waals surface area contributed by atoms with E-state index in [1.165, 1.54) is 12.1 Å². The van der Waals surface area contributed by atoms with Crippen LogP contribution < -0.4 is 11.1 Å². The third kappa shape index (κ3) is 4.85. The molecule has 0 aliphatic heterocycles. The molecule has 0 spiro atoms. The molecule has 0 fully saturated rings. The van der Waals surface area contributed by atoms with Crippen molar-refractivity contribution >= 4 is 17.3 Å². The molecule has 0 atom stereocenters. The van der Waals surface area contributed by atoms with Crippen LogP contribution in [0.1, 0.15) is 18.9 Å². The highest BCUT2D eigenvalue weighted by molar-refractivity contribution is 5.75. The molecule has 3 N–H and O–H groups in total. The van der Waals surface area contributed by atoms with Crippen LogP contribution in [-0.2, 0) is 11.3 Å². The second kappa shape index (κ2) is 7.44. The highest BCUT2D eigenvalue weighted by atomic mass is 16.6. The summed E-state index contributed by atoms with van der Waals surface area (Å²) in [6, 6.07) is 4.69. The fraction of sp³-hybridized carbons (Fsp3) is 0.462. The molecular weight excluding hydrogens is 260 g/mol. The number of rotatable bonds is 8. The Labute approximate surface area is 117 Å². The number of non-ortho nitro benzene ring substituents is 1. The molecule has 0 aromatic heterocycles.